The highest BCUT2D eigenvalue weighted by molar-refractivity contribution is 7.99. The first kappa shape index (κ1) is 15.7. The molecule has 1 aromatic heterocycles. The normalized spacial score (nSPS) is 11.0. The van der Waals surface area contributed by atoms with Crippen molar-refractivity contribution in [2.24, 2.45) is 0 Å². The van der Waals surface area contributed by atoms with Crippen molar-refractivity contribution < 1.29 is 15.0 Å². The number of carbonyl (C=O) groups is 1. The molecule has 0 amide bonds. The van der Waals surface area contributed by atoms with E-state index in [4.69, 9.17) is 16.7 Å². The van der Waals surface area contributed by atoms with Crippen LogP contribution in [0.3, 0.4) is 0 Å². The van der Waals surface area contributed by atoms with Crippen LogP contribution in [0.1, 0.15) is 19.9 Å². The molecule has 0 spiro atoms. The summed E-state index contributed by atoms with van der Waals surface area (Å²) in [4.78, 5) is 10.7. The van der Waals surface area contributed by atoms with Crippen LogP contribution in [0.25, 0.3) is 11.4 Å². The van der Waals surface area contributed by atoms with Gasteiger partial charge in [-0.05, 0) is 32.0 Å². The Morgan fingerprint density at radius 2 is 2.14 bits per heavy atom. The lowest BCUT2D eigenvalue weighted by Gasteiger charge is -2.13. The zero-order valence-corrected chi connectivity index (χ0v) is 13.0. The second kappa shape index (κ2) is 6.36. The SMILES string of the molecule is CC(C)n1c(SCC(=O)O)nnc1-c1ccc(O)c(Cl)c1. The first-order chi connectivity index (χ1) is 9.90. The standard InChI is InChI=1S/C13H14ClN3O3S/c1-7(2)17-12(8-3-4-10(18)9(14)5-8)15-16-13(17)21-6-11(19)20/h3-5,7,18H,6H2,1-2H3,(H,19,20). The van der Waals surface area contributed by atoms with Gasteiger partial charge >= 0.3 is 5.97 Å². The van der Waals surface area contributed by atoms with Crippen LogP contribution in [-0.4, -0.2) is 36.7 Å². The molecule has 0 aliphatic heterocycles. The number of hydrogen-bond donors (Lipinski definition) is 2. The van der Waals surface area contributed by atoms with Gasteiger partial charge in [0, 0.05) is 11.6 Å². The van der Waals surface area contributed by atoms with Crippen LogP contribution >= 0.6 is 23.4 Å². The molecule has 0 unspecified atom stereocenters. The van der Waals surface area contributed by atoms with E-state index in [0.717, 1.165) is 11.8 Å². The third kappa shape index (κ3) is 3.48. The fourth-order valence-electron chi connectivity index (χ4n) is 1.81. The van der Waals surface area contributed by atoms with E-state index >= 15 is 0 Å². The number of thioether (sulfide) groups is 1. The monoisotopic (exact) mass is 327 g/mol. The quantitative estimate of drug-likeness (QED) is 0.820. The molecule has 6 nitrogen and oxygen atoms in total. The number of aromatic nitrogens is 3. The summed E-state index contributed by atoms with van der Waals surface area (Å²) >= 11 is 7.03. The van der Waals surface area contributed by atoms with Gasteiger partial charge in [-0.15, -0.1) is 10.2 Å². The lowest BCUT2D eigenvalue weighted by Crippen LogP contribution is -2.07. The minimum atomic E-state index is -0.910. The third-order valence-electron chi connectivity index (χ3n) is 2.71. The molecule has 8 heteroatoms. The molecule has 0 saturated carbocycles. The van der Waals surface area contributed by atoms with Crippen molar-refractivity contribution in [3.05, 3.63) is 23.2 Å². The summed E-state index contributed by atoms with van der Waals surface area (Å²) in [5.41, 5.74) is 0.709. The molecule has 0 radical (unpaired) electrons. The molecule has 0 saturated heterocycles. The number of carboxylic acids is 1. The molecule has 0 fully saturated rings. The fraction of sp³-hybridized carbons (Fsp3) is 0.308. The minimum Gasteiger partial charge on any atom is -0.506 e. The maximum atomic E-state index is 10.7. The lowest BCUT2D eigenvalue weighted by molar-refractivity contribution is -0.133. The van der Waals surface area contributed by atoms with Crippen molar-refractivity contribution in [1.82, 2.24) is 14.8 Å². The summed E-state index contributed by atoms with van der Waals surface area (Å²) in [6, 6.07) is 4.83. The van der Waals surface area contributed by atoms with Crippen molar-refractivity contribution in [3.8, 4) is 17.1 Å². The van der Waals surface area contributed by atoms with Gasteiger partial charge in [0.05, 0.1) is 10.8 Å². The van der Waals surface area contributed by atoms with Crippen molar-refractivity contribution in [2.45, 2.75) is 25.0 Å². The largest absolute Gasteiger partial charge is 0.506 e. The van der Waals surface area contributed by atoms with Crippen LogP contribution in [0.2, 0.25) is 5.02 Å². The van der Waals surface area contributed by atoms with Crippen molar-refractivity contribution >= 4 is 29.3 Å². The number of aromatic hydroxyl groups is 1. The molecule has 2 aromatic rings. The average molecular weight is 328 g/mol. The summed E-state index contributed by atoms with van der Waals surface area (Å²) in [7, 11) is 0. The second-order valence-electron chi connectivity index (χ2n) is 4.62. The molecule has 112 valence electrons. The Balaban J connectivity index is 2.43. The van der Waals surface area contributed by atoms with Crippen LogP contribution in [0.4, 0.5) is 0 Å². The number of phenolic OH excluding ortho intramolecular Hbond substituents is 1. The van der Waals surface area contributed by atoms with Crippen LogP contribution in [0.15, 0.2) is 23.4 Å². The van der Waals surface area contributed by atoms with E-state index in [9.17, 15) is 9.90 Å². The van der Waals surface area contributed by atoms with Crippen molar-refractivity contribution in [1.29, 1.82) is 0 Å². The maximum Gasteiger partial charge on any atom is 0.313 e. The topological polar surface area (TPSA) is 88.2 Å². The Morgan fingerprint density at radius 3 is 2.71 bits per heavy atom. The third-order valence-corrected chi connectivity index (χ3v) is 3.94. The van der Waals surface area contributed by atoms with Gasteiger partial charge in [-0.2, -0.15) is 0 Å². The Kier molecular flexibility index (Phi) is 4.74. The first-order valence-electron chi connectivity index (χ1n) is 6.18. The molecule has 1 heterocycles. The van der Waals surface area contributed by atoms with E-state index in [-0.39, 0.29) is 22.6 Å². The highest BCUT2D eigenvalue weighted by Gasteiger charge is 2.18. The number of halogens is 1. The molecule has 0 aliphatic rings. The number of rotatable bonds is 5. The van der Waals surface area contributed by atoms with Gasteiger partial charge < -0.3 is 10.2 Å². The van der Waals surface area contributed by atoms with Crippen molar-refractivity contribution in [2.75, 3.05) is 5.75 Å². The van der Waals surface area contributed by atoms with E-state index in [2.05, 4.69) is 10.2 Å². The Bertz CT molecular complexity index is 673. The van der Waals surface area contributed by atoms with E-state index in [1.165, 1.54) is 6.07 Å². The highest BCUT2D eigenvalue weighted by atomic mass is 35.5. The zero-order valence-electron chi connectivity index (χ0n) is 11.4. The molecular formula is C13H14ClN3O3S. The average Bonchev–Trinajstić information content (AvgIpc) is 2.83. The van der Waals surface area contributed by atoms with Gasteiger partial charge in [0.25, 0.3) is 0 Å². The molecule has 0 aliphatic carbocycles. The molecule has 1 aromatic carbocycles. The summed E-state index contributed by atoms with van der Waals surface area (Å²) in [5, 5.41) is 27.2. The molecule has 0 atom stereocenters. The van der Waals surface area contributed by atoms with Gasteiger partial charge in [-0.25, -0.2) is 0 Å². The molecule has 2 rings (SSSR count). The number of nitrogens with zero attached hydrogens (tertiary/aromatic N) is 3. The number of phenols is 1. The minimum absolute atomic E-state index is 0.00324. The van der Waals surface area contributed by atoms with Gasteiger partial charge in [-0.1, -0.05) is 23.4 Å². The van der Waals surface area contributed by atoms with Gasteiger partial charge in [0.2, 0.25) is 0 Å². The van der Waals surface area contributed by atoms with E-state index in [0.29, 0.717) is 16.5 Å². The fourth-order valence-corrected chi connectivity index (χ4v) is 2.78. The first-order valence-corrected chi connectivity index (χ1v) is 7.55. The van der Waals surface area contributed by atoms with Crippen LogP contribution in [-0.2, 0) is 4.79 Å². The van der Waals surface area contributed by atoms with Crippen molar-refractivity contribution in [3.63, 3.8) is 0 Å². The molecule has 2 N–H and O–H groups in total. The van der Waals surface area contributed by atoms with Crippen LogP contribution in [0, 0.1) is 0 Å². The Morgan fingerprint density at radius 1 is 1.43 bits per heavy atom. The summed E-state index contributed by atoms with van der Waals surface area (Å²) in [6.07, 6.45) is 0. The zero-order chi connectivity index (χ0) is 15.6. The second-order valence-corrected chi connectivity index (χ2v) is 5.97. The summed E-state index contributed by atoms with van der Waals surface area (Å²) in [5.74, 6) is -0.412. The van der Waals surface area contributed by atoms with E-state index in [1.54, 1.807) is 12.1 Å². The van der Waals surface area contributed by atoms with Crippen LogP contribution < -0.4 is 0 Å². The smallest absolute Gasteiger partial charge is 0.313 e. The van der Waals surface area contributed by atoms with Gasteiger partial charge in [0.15, 0.2) is 11.0 Å². The van der Waals surface area contributed by atoms with Gasteiger partial charge in [-0.3, -0.25) is 9.36 Å². The predicted molar refractivity (Wildman–Crippen MR) is 80.9 cm³/mol. The van der Waals surface area contributed by atoms with E-state index < -0.39 is 5.97 Å². The van der Waals surface area contributed by atoms with E-state index in [1.807, 2.05) is 18.4 Å². The highest BCUT2D eigenvalue weighted by Crippen LogP contribution is 2.32. The lowest BCUT2D eigenvalue weighted by atomic mass is 10.2. The molecule has 21 heavy (non-hydrogen) atoms. The predicted octanol–water partition coefficient (Wildman–Crippen LogP) is 3.06. The maximum absolute atomic E-state index is 10.7. The molecule has 0 bridgehead atoms. The van der Waals surface area contributed by atoms with Gasteiger partial charge in [0.1, 0.15) is 5.75 Å². The molecular weight excluding hydrogens is 314 g/mol. The Labute approximate surface area is 130 Å². The number of carboxylic acid groups (broad SMARTS) is 1. The van der Waals surface area contributed by atoms with Crippen LogP contribution in [0.5, 0.6) is 5.75 Å². The number of benzene rings is 1. The number of aliphatic carboxylic acids is 1. The Hall–Kier alpha value is -1.73. The summed E-state index contributed by atoms with van der Waals surface area (Å²) < 4.78 is 1.84. The summed E-state index contributed by atoms with van der Waals surface area (Å²) in [6.45, 7) is 3.92. The number of hydrogen-bond acceptors (Lipinski definition) is 5.